The molecule has 168 valence electrons. The molecule has 8 nitrogen and oxygen atoms in total. The summed E-state index contributed by atoms with van der Waals surface area (Å²) in [5.74, 6) is 2.88. The summed E-state index contributed by atoms with van der Waals surface area (Å²) in [6.45, 7) is 3.67. The van der Waals surface area contributed by atoms with Gasteiger partial charge >= 0.3 is 0 Å². The van der Waals surface area contributed by atoms with E-state index in [1.165, 1.54) is 0 Å². The fourth-order valence-electron chi connectivity index (χ4n) is 3.79. The van der Waals surface area contributed by atoms with Crippen LogP contribution in [0.25, 0.3) is 11.4 Å². The molecule has 8 heteroatoms. The van der Waals surface area contributed by atoms with E-state index < -0.39 is 0 Å². The molecule has 1 atom stereocenters. The smallest absolute Gasteiger partial charge is 0.232 e. The van der Waals surface area contributed by atoms with Gasteiger partial charge in [0.2, 0.25) is 17.6 Å². The van der Waals surface area contributed by atoms with Crippen molar-refractivity contribution in [1.82, 2.24) is 15.0 Å². The molecule has 1 amide bonds. The van der Waals surface area contributed by atoms with Crippen molar-refractivity contribution >= 4 is 5.91 Å². The quantitative estimate of drug-likeness (QED) is 0.499. The number of nitrogens with zero attached hydrogens (tertiary/aromatic N) is 3. The number of carbonyl (C=O) groups excluding carboxylic acids is 1. The monoisotopic (exact) mass is 437 g/mol. The van der Waals surface area contributed by atoms with Crippen molar-refractivity contribution in [3.8, 4) is 28.6 Å². The van der Waals surface area contributed by atoms with E-state index in [1.807, 2.05) is 49.4 Å². The van der Waals surface area contributed by atoms with E-state index in [2.05, 4.69) is 10.1 Å². The zero-order valence-electron chi connectivity index (χ0n) is 18.5. The van der Waals surface area contributed by atoms with Gasteiger partial charge in [-0.05, 0) is 30.7 Å². The van der Waals surface area contributed by atoms with Crippen LogP contribution in [0.3, 0.4) is 0 Å². The first-order valence-corrected chi connectivity index (χ1v) is 10.7. The summed E-state index contributed by atoms with van der Waals surface area (Å²) in [5.41, 5.74) is 1.73. The summed E-state index contributed by atoms with van der Waals surface area (Å²) in [5, 5.41) is 4.13. The summed E-state index contributed by atoms with van der Waals surface area (Å²) in [7, 11) is 3.23. The molecule has 4 rings (SSSR count). The van der Waals surface area contributed by atoms with Crippen LogP contribution in [-0.4, -0.2) is 48.3 Å². The minimum Gasteiger partial charge on any atom is -0.496 e. The Balaban J connectivity index is 1.47. The van der Waals surface area contributed by atoms with E-state index in [0.29, 0.717) is 49.3 Å². The van der Waals surface area contributed by atoms with Crippen molar-refractivity contribution in [1.29, 1.82) is 0 Å². The molecule has 0 spiro atoms. The maximum atomic E-state index is 12.6. The molecule has 2 aromatic carbocycles. The molecule has 1 aromatic heterocycles. The van der Waals surface area contributed by atoms with Gasteiger partial charge in [-0.15, -0.1) is 0 Å². The van der Waals surface area contributed by atoms with Crippen molar-refractivity contribution < 1.29 is 23.5 Å². The SMILES string of the molecule is CCCOc1ccc(-c2noc(C3CC(=O)N(Cc4ccccc4OC)C3)n2)cc1OC. The Bertz CT molecular complexity index is 1080. The molecule has 32 heavy (non-hydrogen) atoms. The van der Waals surface area contributed by atoms with Gasteiger partial charge in [0, 0.05) is 30.6 Å². The molecule has 0 radical (unpaired) electrons. The predicted octanol–water partition coefficient (Wildman–Crippen LogP) is 4.06. The number of ether oxygens (including phenoxy) is 3. The number of hydrogen-bond donors (Lipinski definition) is 0. The molecule has 1 saturated heterocycles. The van der Waals surface area contributed by atoms with Crippen LogP contribution in [0.5, 0.6) is 17.2 Å². The van der Waals surface area contributed by atoms with E-state index in [-0.39, 0.29) is 11.8 Å². The third-order valence-corrected chi connectivity index (χ3v) is 5.44. The summed E-state index contributed by atoms with van der Waals surface area (Å²) < 4.78 is 22.1. The third-order valence-electron chi connectivity index (χ3n) is 5.44. The average molecular weight is 437 g/mol. The number of amides is 1. The fourth-order valence-corrected chi connectivity index (χ4v) is 3.79. The number of benzene rings is 2. The Labute approximate surface area is 187 Å². The predicted molar refractivity (Wildman–Crippen MR) is 118 cm³/mol. The van der Waals surface area contributed by atoms with Crippen LogP contribution in [0, 0.1) is 0 Å². The second-order valence-corrected chi connectivity index (χ2v) is 7.66. The molecule has 1 aliphatic rings. The Hall–Kier alpha value is -3.55. The van der Waals surface area contributed by atoms with E-state index in [9.17, 15) is 4.79 Å². The first kappa shape index (κ1) is 21.7. The first-order chi connectivity index (χ1) is 15.6. The van der Waals surface area contributed by atoms with Gasteiger partial charge in [-0.3, -0.25) is 4.79 Å². The van der Waals surface area contributed by atoms with Crippen LogP contribution in [0.15, 0.2) is 47.0 Å². The van der Waals surface area contributed by atoms with Gasteiger partial charge in [-0.2, -0.15) is 4.98 Å². The highest BCUT2D eigenvalue weighted by Crippen LogP contribution is 2.34. The molecule has 1 unspecified atom stereocenters. The molecular weight excluding hydrogens is 410 g/mol. The number of rotatable bonds is 9. The molecule has 0 N–H and O–H groups in total. The van der Waals surface area contributed by atoms with Crippen LogP contribution < -0.4 is 14.2 Å². The molecule has 0 aliphatic carbocycles. The average Bonchev–Trinajstić information content (AvgIpc) is 3.45. The lowest BCUT2D eigenvalue weighted by molar-refractivity contribution is -0.128. The lowest BCUT2D eigenvalue weighted by atomic mass is 10.1. The zero-order valence-corrected chi connectivity index (χ0v) is 18.5. The Morgan fingerprint density at radius 3 is 2.69 bits per heavy atom. The lowest BCUT2D eigenvalue weighted by Crippen LogP contribution is -2.24. The Morgan fingerprint density at radius 1 is 1.09 bits per heavy atom. The van der Waals surface area contributed by atoms with Gasteiger partial charge in [0.1, 0.15) is 5.75 Å². The van der Waals surface area contributed by atoms with E-state index in [1.54, 1.807) is 19.1 Å². The molecule has 1 fully saturated rings. The third kappa shape index (κ3) is 4.54. The lowest BCUT2D eigenvalue weighted by Gasteiger charge is -2.17. The fraction of sp³-hybridized carbons (Fsp3) is 0.375. The molecule has 1 aliphatic heterocycles. The topological polar surface area (TPSA) is 86.9 Å². The Kier molecular flexibility index (Phi) is 6.58. The molecule has 2 heterocycles. The van der Waals surface area contributed by atoms with Gasteiger partial charge in [0.25, 0.3) is 0 Å². The maximum Gasteiger partial charge on any atom is 0.232 e. The van der Waals surface area contributed by atoms with Gasteiger partial charge in [-0.1, -0.05) is 30.3 Å². The molecular formula is C24H27N3O5. The number of para-hydroxylation sites is 1. The standard InChI is InChI=1S/C24H27N3O5/c1-4-11-31-20-10-9-16(12-21(20)30-3)23-25-24(32-26-23)18-13-22(28)27(15-18)14-17-7-5-6-8-19(17)29-2/h5-10,12,18H,4,11,13-15H2,1-3H3. The van der Waals surface area contributed by atoms with Gasteiger partial charge in [-0.25, -0.2) is 0 Å². The van der Waals surface area contributed by atoms with Crippen molar-refractivity contribution in [3.63, 3.8) is 0 Å². The van der Waals surface area contributed by atoms with Crippen molar-refractivity contribution in [2.45, 2.75) is 32.2 Å². The van der Waals surface area contributed by atoms with Gasteiger partial charge in [0.05, 0.1) is 26.7 Å². The Morgan fingerprint density at radius 2 is 1.91 bits per heavy atom. The zero-order chi connectivity index (χ0) is 22.5. The van der Waals surface area contributed by atoms with Crippen LogP contribution in [0.1, 0.15) is 37.1 Å². The first-order valence-electron chi connectivity index (χ1n) is 10.7. The summed E-state index contributed by atoms with van der Waals surface area (Å²) in [4.78, 5) is 19.0. The number of hydrogen-bond acceptors (Lipinski definition) is 7. The van der Waals surface area contributed by atoms with E-state index in [0.717, 1.165) is 23.3 Å². The van der Waals surface area contributed by atoms with Gasteiger partial charge in [0.15, 0.2) is 11.5 Å². The van der Waals surface area contributed by atoms with E-state index in [4.69, 9.17) is 18.7 Å². The summed E-state index contributed by atoms with van der Waals surface area (Å²) in [6, 6.07) is 13.2. The van der Waals surface area contributed by atoms with Crippen LogP contribution in [0.2, 0.25) is 0 Å². The molecule has 0 bridgehead atoms. The van der Waals surface area contributed by atoms with Gasteiger partial charge < -0.3 is 23.6 Å². The largest absolute Gasteiger partial charge is 0.496 e. The number of carbonyl (C=O) groups is 1. The van der Waals surface area contributed by atoms with Crippen LogP contribution in [-0.2, 0) is 11.3 Å². The summed E-state index contributed by atoms with van der Waals surface area (Å²) in [6.07, 6.45) is 1.25. The minimum absolute atomic E-state index is 0.0553. The van der Waals surface area contributed by atoms with Crippen molar-refractivity contribution in [3.05, 3.63) is 53.9 Å². The highest BCUT2D eigenvalue weighted by atomic mass is 16.5. The molecule has 3 aromatic rings. The minimum atomic E-state index is -0.146. The molecule has 0 saturated carbocycles. The van der Waals surface area contributed by atoms with Crippen molar-refractivity contribution in [2.75, 3.05) is 27.4 Å². The highest BCUT2D eigenvalue weighted by Gasteiger charge is 2.34. The number of methoxy groups -OCH3 is 2. The van der Waals surface area contributed by atoms with Crippen LogP contribution >= 0.6 is 0 Å². The van der Waals surface area contributed by atoms with Crippen LogP contribution in [0.4, 0.5) is 0 Å². The highest BCUT2D eigenvalue weighted by molar-refractivity contribution is 5.79. The van der Waals surface area contributed by atoms with E-state index >= 15 is 0 Å². The maximum absolute atomic E-state index is 12.6. The second-order valence-electron chi connectivity index (χ2n) is 7.66. The second kappa shape index (κ2) is 9.72. The van der Waals surface area contributed by atoms with Crippen molar-refractivity contribution in [2.24, 2.45) is 0 Å². The summed E-state index contributed by atoms with van der Waals surface area (Å²) >= 11 is 0. The number of likely N-dealkylation sites (tertiary alicyclic amines) is 1. The number of aromatic nitrogens is 2. The normalized spacial score (nSPS) is 15.8.